The minimum Gasteiger partial charge on any atom is -0.504 e. The van der Waals surface area contributed by atoms with Crippen molar-refractivity contribution in [2.75, 3.05) is 0 Å². The Hall–Kier alpha value is -2.63. The first-order chi connectivity index (χ1) is 8.18. The molecule has 0 spiro atoms. The molecule has 0 bridgehead atoms. The van der Waals surface area contributed by atoms with E-state index in [0.29, 0.717) is 0 Å². The molecule has 1 N–H and O–H groups in total. The van der Waals surface area contributed by atoms with Crippen LogP contribution >= 0.6 is 0 Å². The van der Waals surface area contributed by atoms with Gasteiger partial charge in [-0.05, 0) is 12.1 Å². The van der Waals surface area contributed by atoms with E-state index in [-0.39, 0.29) is 23.1 Å². The third-order valence-electron chi connectivity index (χ3n) is 2.01. The summed E-state index contributed by atoms with van der Waals surface area (Å²) in [5.41, 5.74) is -0.310. The Labute approximate surface area is 96.3 Å². The van der Waals surface area contributed by atoms with Gasteiger partial charge in [-0.2, -0.15) is 0 Å². The highest BCUT2D eigenvalue weighted by Gasteiger charge is 2.19. The number of hydrogen-bond donors (Lipinski definition) is 1. The van der Waals surface area contributed by atoms with Gasteiger partial charge in [0.25, 0.3) is 0 Å². The Balaban J connectivity index is 2.41. The van der Waals surface area contributed by atoms with Gasteiger partial charge >= 0.3 is 5.69 Å². The fourth-order valence-corrected chi connectivity index (χ4v) is 1.27. The molecule has 0 aliphatic heterocycles. The van der Waals surface area contributed by atoms with Crippen LogP contribution in [0.1, 0.15) is 0 Å². The first-order valence-corrected chi connectivity index (χ1v) is 4.74. The van der Waals surface area contributed by atoms with Crippen LogP contribution in [0.25, 0.3) is 0 Å². The summed E-state index contributed by atoms with van der Waals surface area (Å²) in [5, 5.41) is 20.3. The summed E-state index contributed by atoms with van der Waals surface area (Å²) < 4.78 is 5.20. The molecule has 6 heteroatoms. The van der Waals surface area contributed by atoms with Crippen LogP contribution in [0.5, 0.6) is 17.4 Å². The molecule has 0 saturated carbocycles. The second kappa shape index (κ2) is 4.48. The van der Waals surface area contributed by atoms with Gasteiger partial charge < -0.3 is 9.84 Å². The lowest BCUT2D eigenvalue weighted by Crippen LogP contribution is -1.94. The van der Waals surface area contributed by atoms with Crippen molar-refractivity contribution in [3.05, 3.63) is 52.7 Å². The monoisotopic (exact) mass is 232 g/mol. The standard InChI is InChI=1S/C11H8N2O4/c14-9-5-3-4-8(13(15)16)11(9)17-10-6-1-2-7-12-10/h1-7,14H. The van der Waals surface area contributed by atoms with Gasteiger partial charge in [-0.1, -0.05) is 12.1 Å². The lowest BCUT2D eigenvalue weighted by atomic mass is 10.3. The normalized spacial score (nSPS) is 9.88. The number of nitro benzene ring substituents is 1. The lowest BCUT2D eigenvalue weighted by molar-refractivity contribution is -0.385. The maximum atomic E-state index is 10.8. The van der Waals surface area contributed by atoms with Gasteiger partial charge in [-0.15, -0.1) is 0 Å². The summed E-state index contributed by atoms with van der Waals surface area (Å²) in [5.74, 6) is -0.335. The van der Waals surface area contributed by atoms with E-state index in [1.54, 1.807) is 12.1 Å². The van der Waals surface area contributed by atoms with E-state index in [0.717, 1.165) is 0 Å². The molecule has 0 amide bonds. The quantitative estimate of drug-likeness (QED) is 0.649. The lowest BCUT2D eigenvalue weighted by Gasteiger charge is -2.06. The summed E-state index contributed by atoms with van der Waals surface area (Å²) in [6, 6.07) is 8.83. The van der Waals surface area contributed by atoms with Gasteiger partial charge in [0.1, 0.15) is 0 Å². The summed E-state index contributed by atoms with van der Waals surface area (Å²) >= 11 is 0. The number of hydrogen-bond acceptors (Lipinski definition) is 5. The van der Waals surface area contributed by atoms with Crippen molar-refractivity contribution in [1.82, 2.24) is 4.98 Å². The Morgan fingerprint density at radius 1 is 1.24 bits per heavy atom. The Kier molecular flexibility index (Phi) is 2.87. The van der Waals surface area contributed by atoms with Crippen LogP contribution in [0.3, 0.4) is 0 Å². The predicted octanol–water partition coefficient (Wildman–Crippen LogP) is 2.49. The van der Waals surface area contributed by atoms with Crippen LogP contribution in [0, 0.1) is 10.1 Å². The average Bonchev–Trinajstić information content (AvgIpc) is 2.33. The number of nitrogens with zero attached hydrogens (tertiary/aromatic N) is 2. The molecule has 86 valence electrons. The number of para-hydroxylation sites is 1. The Bertz CT molecular complexity index is 542. The molecule has 1 aromatic carbocycles. The third kappa shape index (κ3) is 2.31. The molecule has 0 aliphatic carbocycles. The average molecular weight is 232 g/mol. The van der Waals surface area contributed by atoms with Crippen molar-refractivity contribution < 1.29 is 14.8 Å². The molecular weight excluding hydrogens is 224 g/mol. The van der Waals surface area contributed by atoms with Gasteiger partial charge in [0.05, 0.1) is 4.92 Å². The highest BCUT2D eigenvalue weighted by Crippen LogP contribution is 2.38. The van der Waals surface area contributed by atoms with Crippen molar-refractivity contribution in [2.45, 2.75) is 0 Å². The van der Waals surface area contributed by atoms with Gasteiger partial charge in [0.15, 0.2) is 5.75 Å². The zero-order valence-corrected chi connectivity index (χ0v) is 8.61. The number of aromatic hydroxyl groups is 1. The largest absolute Gasteiger partial charge is 0.504 e. The Morgan fingerprint density at radius 3 is 2.71 bits per heavy atom. The third-order valence-corrected chi connectivity index (χ3v) is 2.01. The molecule has 2 rings (SSSR count). The van der Waals surface area contributed by atoms with Crippen molar-refractivity contribution >= 4 is 5.69 Å². The zero-order chi connectivity index (χ0) is 12.3. The van der Waals surface area contributed by atoms with E-state index in [1.165, 1.54) is 30.5 Å². The van der Waals surface area contributed by atoms with E-state index < -0.39 is 4.92 Å². The van der Waals surface area contributed by atoms with E-state index in [1.807, 2.05) is 0 Å². The zero-order valence-electron chi connectivity index (χ0n) is 8.61. The van der Waals surface area contributed by atoms with Gasteiger partial charge in [0.2, 0.25) is 11.6 Å². The van der Waals surface area contributed by atoms with E-state index in [9.17, 15) is 15.2 Å². The van der Waals surface area contributed by atoms with Crippen molar-refractivity contribution in [3.63, 3.8) is 0 Å². The summed E-state index contributed by atoms with van der Waals surface area (Å²) in [4.78, 5) is 14.0. The second-order valence-corrected chi connectivity index (χ2v) is 3.15. The summed E-state index contributed by atoms with van der Waals surface area (Å²) in [7, 11) is 0. The van der Waals surface area contributed by atoms with Gasteiger partial charge in [-0.25, -0.2) is 4.98 Å². The molecule has 1 aromatic heterocycles. The molecular formula is C11H8N2O4. The van der Waals surface area contributed by atoms with Crippen LogP contribution in [0.4, 0.5) is 5.69 Å². The van der Waals surface area contributed by atoms with E-state index in [2.05, 4.69) is 4.98 Å². The topological polar surface area (TPSA) is 85.5 Å². The number of rotatable bonds is 3. The Morgan fingerprint density at radius 2 is 2.06 bits per heavy atom. The molecule has 0 fully saturated rings. The molecule has 0 aliphatic rings. The fraction of sp³-hybridized carbons (Fsp3) is 0. The molecule has 2 aromatic rings. The van der Waals surface area contributed by atoms with Crippen molar-refractivity contribution in [3.8, 4) is 17.4 Å². The maximum absolute atomic E-state index is 10.8. The molecule has 0 saturated heterocycles. The number of ether oxygens (including phenoxy) is 1. The van der Waals surface area contributed by atoms with E-state index >= 15 is 0 Å². The van der Waals surface area contributed by atoms with Crippen LogP contribution in [0.2, 0.25) is 0 Å². The number of phenols is 1. The van der Waals surface area contributed by atoms with Crippen LogP contribution in [0.15, 0.2) is 42.6 Å². The molecule has 0 atom stereocenters. The van der Waals surface area contributed by atoms with Gasteiger partial charge in [0, 0.05) is 18.3 Å². The number of phenolic OH excluding ortho intramolecular Hbond substituents is 1. The highest BCUT2D eigenvalue weighted by atomic mass is 16.6. The number of nitro groups is 1. The van der Waals surface area contributed by atoms with Crippen LogP contribution < -0.4 is 4.74 Å². The summed E-state index contributed by atoms with van der Waals surface area (Å²) in [6.45, 7) is 0. The smallest absolute Gasteiger partial charge is 0.315 e. The van der Waals surface area contributed by atoms with Crippen LogP contribution in [-0.2, 0) is 0 Å². The molecule has 0 radical (unpaired) electrons. The minimum atomic E-state index is -0.627. The SMILES string of the molecule is O=[N+]([O-])c1cccc(O)c1Oc1ccccn1. The minimum absolute atomic E-state index is 0.178. The molecule has 0 unspecified atom stereocenters. The first kappa shape index (κ1) is 10.9. The molecule has 6 nitrogen and oxygen atoms in total. The fourth-order valence-electron chi connectivity index (χ4n) is 1.27. The van der Waals surface area contributed by atoms with Crippen LogP contribution in [-0.4, -0.2) is 15.0 Å². The maximum Gasteiger partial charge on any atom is 0.315 e. The number of pyridine rings is 1. The van der Waals surface area contributed by atoms with Crippen molar-refractivity contribution in [2.24, 2.45) is 0 Å². The second-order valence-electron chi connectivity index (χ2n) is 3.15. The van der Waals surface area contributed by atoms with Crippen molar-refractivity contribution in [1.29, 1.82) is 0 Å². The van der Waals surface area contributed by atoms with Gasteiger partial charge in [-0.3, -0.25) is 10.1 Å². The summed E-state index contributed by atoms with van der Waals surface area (Å²) in [6.07, 6.45) is 1.49. The highest BCUT2D eigenvalue weighted by molar-refractivity contribution is 5.56. The predicted molar refractivity (Wildman–Crippen MR) is 59.1 cm³/mol. The number of aromatic nitrogens is 1. The molecule has 1 heterocycles. The number of benzene rings is 1. The first-order valence-electron chi connectivity index (χ1n) is 4.74. The van der Waals surface area contributed by atoms with E-state index in [4.69, 9.17) is 4.74 Å². The molecule has 17 heavy (non-hydrogen) atoms.